The first-order valence-corrected chi connectivity index (χ1v) is 10.9. The minimum atomic E-state index is 0.0941. The van der Waals surface area contributed by atoms with Crippen molar-refractivity contribution >= 4 is 6.03 Å². The van der Waals surface area contributed by atoms with Gasteiger partial charge < -0.3 is 15.0 Å². The third kappa shape index (κ3) is 4.80. The summed E-state index contributed by atoms with van der Waals surface area (Å²) in [6.07, 6.45) is 5.89. The average molecular weight is 388 g/mol. The molecule has 0 saturated carbocycles. The first-order valence-electron chi connectivity index (χ1n) is 10.9. The van der Waals surface area contributed by atoms with E-state index in [1.54, 1.807) is 7.11 Å². The molecule has 3 rings (SSSR count). The van der Waals surface area contributed by atoms with E-state index >= 15 is 0 Å². The molecule has 0 spiro atoms. The number of carbonyl (C=O) groups excluding carboxylic acids is 1. The van der Waals surface area contributed by atoms with Crippen LogP contribution in [-0.4, -0.2) is 53.1 Å². The number of ether oxygens (including phenoxy) is 1. The van der Waals surface area contributed by atoms with Crippen molar-refractivity contribution in [2.75, 3.05) is 7.11 Å². The van der Waals surface area contributed by atoms with E-state index in [1.165, 1.54) is 24.8 Å². The van der Waals surface area contributed by atoms with Crippen molar-refractivity contribution in [2.24, 2.45) is 0 Å². The van der Waals surface area contributed by atoms with Crippen molar-refractivity contribution in [1.82, 2.24) is 15.1 Å². The van der Waals surface area contributed by atoms with Gasteiger partial charge in [-0.15, -0.1) is 0 Å². The van der Waals surface area contributed by atoms with Crippen LogP contribution in [0.25, 0.3) is 0 Å². The molecule has 2 amide bonds. The number of fused-ring (bicyclic) bond motifs is 2. The van der Waals surface area contributed by atoms with Crippen LogP contribution in [0.5, 0.6) is 5.75 Å². The van der Waals surface area contributed by atoms with E-state index in [-0.39, 0.29) is 24.2 Å². The van der Waals surface area contributed by atoms with Gasteiger partial charge >= 0.3 is 6.03 Å². The minimum absolute atomic E-state index is 0.0941. The molecule has 2 bridgehead atoms. The summed E-state index contributed by atoms with van der Waals surface area (Å²) in [7, 11) is 1.71. The van der Waals surface area contributed by atoms with Gasteiger partial charge in [-0.05, 0) is 71.1 Å². The van der Waals surface area contributed by atoms with Crippen molar-refractivity contribution < 1.29 is 9.53 Å². The van der Waals surface area contributed by atoms with E-state index in [0.717, 1.165) is 25.1 Å². The Bertz CT molecular complexity index is 622. The predicted octanol–water partition coefficient (Wildman–Crippen LogP) is 4.41. The molecule has 5 heteroatoms. The van der Waals surface area contributed by atoms with Crippen LogP contribution >= 0.6 is 0 Å². The number of piperidine rings is 2. The first-order chi connectivity index (χ1) is 13.4. The van der Waals surface area contributed by atoms with E-state index < -0.39 is 0 Å². The number of urea groups is 1. The third-order valence-electron chi connectivity index (χ3n) is 6.32. The Kier molecular flexibility index (Phi) is 6.86. The lowest BCUT2D eigenvalue weighted by Crippen LogP contribution is -2.58. The van der Waals surface area contributed by atoms with Gasteiger partial charge in [-0.25, -0.2) is 4.79 Å². The molecule has 156 valence electrons. The Hall–Kier alpha value is -1.75. The summed E-state index contributed by atoms with van der Waals surface area (Å²) in [5.41, 5.74) is 1.34. The normalized spacial score (nSPS) is 25.0. The summed E-state index contributed by atoms with van der Waals surface area (Å²) in [5.74, 6) is 0.908. The second-order valence-corrected chi connectivity index (χ2v) is 8.97. The van der Waals surface area contributed by atoms with Gasteiger partial charge in [-0.2, -0.15) is 0 Å². The molecule has 1 aromatic rings. The van der Waals surface area contributed by atoms with Crippen LogP contribution in [0.4, 0.5) is 4.79 Å². The van der Waals surface area contributed by atoms with Gasteiger partial charge in [0.15, 0.2) is 0 Å². The quantitative estimate of drug-likeness (QED) is 0.786. The number of nitrogens with zero attached hydrogens (tertiary/aromatic N) is 2. The number of hydrogen-bond acceptors (Lipinski definition) is 3. The summed E-state index contributed by atoms with van der Waals surface area (Å²) in [6.45, 7) is 9.35. The Labute approximate surface area is 170 Å². The topological polar surface area (TPSA) is 44.8 Å². The predicted molar refractivity (Wildman–Crippen MR) is 114 cm³/mol. The van der Waals surface area contributed by atoms with Crippen molar-refractivity contribution in [3.05, 3.63) is 29.8 Å². The third-order valence-corrected chi connectivity index (χ3v) is 6.32. The zero-order chi connectivity index (χ0) is 20.3. The molecular formula is C23H37N3O2. The van der Waals surface area contributed by atoms with Crippen LogP contribution in [0.1, 0.15) is 65.4 Å². The molecule has 2 aliphatic rings. The highest BCUT2D eigenvalue weighted by molar-refractivity contribution is 5.75. The Morgan fingerprint density at radius 1 is 1.11 bits per heavy atom. The van der Waals surface area contributed by atoms with Crippen molar-refractivity contribution in [3.63, 3.8) is 0 Å². The smallest absolute Gasteiger partial charge is 0.318 e. The SMILES string of the molecule is COc1ccc(CN2[C@H]3CCC[C@H]2CC(NC(=O)N(C(C)C)C(C)C)C3)cc1. The number of amides is 2. The molecule has 0 aromatic heterocycles. The molecular weight excluding hydrogens is 350 g/mol. The molecule has 2 aliphatic heterocycles. The molecule has 2 fully saturated rings. The Morgan fingerprint density at radius 2 is 1.68 bits per heavy atom. The molecule has 2 saturated heterocycles. The summed E-state index contributed by atoms with van der Waals surface area (Å²) < 4.78 is 5.28. The fourth-order valence-corrected chi connectivity index (χ4v) is 5.11. The van der Waals surface area contributed by atoms with Gasteiger partial charge in [0.2, 0.25) is 0 Å². The zero-order valence-electron chi connectivity index (χ0n) is 18.1. The summed E-state index contributed by atoms with van der Waals surface area (Å²) in [5, 5.41) is 3.35. The van der Waals surface area contributed by atoms with E-state index in [4.69, 9.17) is 4.74 Å². The largest absolute Gasteiger partial charge is 0.497 e. The fraction of sp³-hybridized carbons (Fsp3) is 0.696. The van der Waals surface area contributed by atoms with Crippen molar-refractivity contribution in [1.29, 1.82) is 0 Å². The standard InChI is InChI=1S/C23H37N3O2/c1-16(2)26(17(3)4)23(27)24-19-13-20-7-6-8-21(14-19)25(20)15-18-9-11-22(28-5)12-10-18/h9-12,16-17,19-21H,6-8,13-15H2,1-5H3,(H,24,27)/t20-,21-/m0/s1. The van der Waals surface area contributed by atoms with E-state index in [9.17, 15) is 4.79 Å². The molecule has 5 nitrogen and oxygen atoms in total. The lowest BCUT2D eigenvalue weighted by Gasteiger charge is -2.49. The molecule has 0 aliphatic carbocycles. The van der Waals surface area contributed by atoms with E-state index in [2.05, 4.69) is 50.0 Å². The summed E-state index contributed by atoms with van der Waals surface area (Å²) in [4.78, 5) is 17.5. The van der Waals surface area contributed by atoms with Crippen molar-refractivity contribution in [3.8, 4) is 5.75 Å². The molecule has 2 heterocycles. The molecule has 0 unspecified atom stereocenters. The van der Waals surface area contributed by atoms with Gasteiger partial charge in [-0.3, -0.25) is 4.90 Å². The maximum absolute atomic E-state index is 12.8. The Morgan fingerprint density at radius 3 is 2.18 bits per heavy atom. The van der Waals surface area contributed by atoms with Gasteiger partial charge in [0.05, 0.1) is 7.11 Å². The number of benzene rings is 1. The highest BCUT2D eigenvalue weighted by Gasteiger charge is 2.39. The fourth-order valence-electron chi connectivity index (χ4n) is 5.11. The summed E-state index contributed by atoms with van der Waals surface area (Å²) in [6, 6.07) is 10.4. The average Bonchev–Trinajstić information content (AvgIpc) is 2.62. The van der Waals surface area contributed by atoms with Crippen LogP contribution in [0, 0.1) is 0 Å². The lowest BCUT2D eigenvalue weighted by molar-refractivity contribution is 0.0181. The monoisotopic (exact) mass is 387 g/mol. The highest BCUT2D eigenvalue weighted by atomic mass is 16.5. The first kappa shape index (κ1) is 21.0. The van der Waals surface area contributed by atoms with Crippen LogP contribution in [0.2, 0.25) is 0 Å². The second-order valence-electron chi connectivity index (χ2n) is 8.97. The van der Waals surface area contributed by atoms with Crippen LogP contribution in [-0.2, 0) is 6.54 Å². The molecule has 1 aromatic carbocycles. The number of nitrogens with one attached hydrogen (secondary N) is 1. The molecule has 28 heavy (non-hydrogen) atoms. The minimum Gasteiger partial charge on any atom is -0.497 e. The zero-order valence-corrected chi connectivity index (χ0v) is 18.1. The maximum atomic E-state index is 12.8. The van der Waals surface area contributed by atoms with Gasteiger partial charge in [0, 0.05) is 36.8 Å². The maximum Gasteiger partial charge on any atom is 0.318 e. The van der Waals surface area contributed by atoms with Gasteiger partial charge in [0.1, 0.15) is 5.75 Å². The van der Waals surface area contributed by atoms with Gasteiger partial charge in [0.25, 0.3) is 0 Å². The Balaban J connectivity index is 1.63. The van der Waals surface area contributed by atoms with Crippen LogP contribution < -0.4 is 10.1 Å². The van der Waals surface area contributed by atoms with E-state index in [0.29, 0.717) is 12.1 Å². The highest BCUT2D eigenvalue weighted by Crippen LogP contribution is 2.35. The molecule has 1 N–H and O–H groups in total. The molecule has 0 radical (unpaired) electrons. The van der Waals surface area contributed by atoms with Crippen molar-refractivity contribution in [2.45, 2.75) is 96.6 Å². The number of hydrogen-bond donors (Lipinski definition) is 1. The van der Waals surface area contributed by atoms with Gasteiger partial charge in [-0.1, -0.05) is 18.6 Å². The van der Waals surface area contributed by atoms with E-state index in [1.807, 2.05) is 17.0 Å². The second kappa shape index (κ2) is 9.17. The number of carbonyl (C=O) groups is 1. The lowest BCUT2D eigenvalue weighted by atomic mass is 9.81. The number of rotatable bonds is 6. The van der Waals surface area contributed by atoms with Crippen LogP contribution in [0.15, 0.2) is 24.3 Å². The van der Waals surface area contributed by atoms with Crippen LogP contribution in [0.3, 0.4) is 0 Å². The summed E-state index contributed by atoms with van der Waals surface area (Å²) >= 11 is 0. The molecule has 2 atom stereocenters. The number of methoxy groups -OCH3 is 1.